The zero-order valence-electron chi connectivity index (χ0n) is 20.9. The van der Waals surface area contributed by atoms with Crippen LogP contribution in [-0.4, -0.2) is 20.6 Å². The van der Waals surface area contributed by atoms with Crippen LogP contribution in [-0.2, 0) is 4.79 Å². The molecule has 0 N–H and O–H groups in total. The Hall–Kier alpha value is -4.35. The summed E-state index contributed by atoms with van der Waals surface area (Å²) in [7, 11) is 0. The summed E-state index contributed by atoms with van der Waals surface area (Å²) < 4.78 is 2.86. The number of fused-ring (bicyclic) bond motifs is 3. The number of hydrogen-bond donors (Lipinski definition) is 0. The molecule has 12 nitrogen and oxygen atoms in total. The van der Waals surface area contributed by atoms with Gasteiger partial charge in [0.05, 0.1) is 34.9 Å². The Morgan fingerprint density at radius 2 is 1.17 bits per heavy atom. The van der Waals surface area contributed by atoms with E-state index in [4.69, 9.17) is 0 Å². The highest BCUT2D eigenvalue weighted by molar-refractivity contribution is 8.33. The number of non-ortho nitro benzene ring substituents is 2. The maximum Gasteiger partial charge on any atom is 0.284 e. The first-order valence-corrected chi connectivity index (χ1v) is 14.5. The minimum Gasteiger partial charge on any atom is -0.300 e. The lowest BCUT2D eigenvalue weighted by molar-refractivity contribution is -0.393. The van der Waals surface area contributed by atoms with Crippen LogP contribution in [0.2, 0.25) is 0 Å². The minimum atomic E-state index is -0.839. The number of ketones is 1. The van der Waals surface area contributed by atoms with E-state index in [-0.39, 0.29) is 39.3 Å². The van der Waals surface area contributed by atoms with Crippen LogP contribution in [0.5, 0.6) is 0 Å². The van der Waals surface area contributed by atoms with Gasteiger partial charge in [-0.15, -0.1) is 0 Å². The van der Waals surface area contributed by atoms with Gasteiger partial charge >= 0.3 is 0 Å². The zero-order chi connectivity index (χ0) is 30.3. The van der Waals surface area contributed by atoms with Crippen molar-refractivity contribution in [2.75, 3.05) is 0 Å². The normalized spacial score (nSPS) is 13.5. The molecule has 2 aliphatic heterocycles. The fraction of sp³-hybridized carbons (Fsp3) is 0.0800. The van der Waals surface area contributed by atoms with E-state index in [1.807, 2.05) is 47.0 Å². The molecular weight excluding hydrogens is 611 g/mol. The van der Waals surface area contributed by atoms with Crippen molar-refractivity contribution < 1.29 is 19.6 Å². The van der Waals surface area contributed by atoms with Crippen molar-refractivity contribution in [2.45, 2.75) is 13.8 Å². The third-order valence-electron chi connectivity index (χ3n) is 4.98. The summed E-state index contributed by atoms with van der Waals surface area (Å²) in [6, 6.07) is 8.50. The number of carbonyl (C=O) groups excluding carboxylic acids is 1. The molecule has 41 heavy (non-hydrogen) atoms. The smallest absolute Gasteiger partial charge is 0.284 e. The van der Waals surface area contributed by atoms with Gasteiger partial charge in [0.25, 0.3) is 17.1 Å². The molecule has 0 bridgehead atoms. The molecule has 0 aromatic heterocycles. The number of nitro groups is 3. The molecule has 2 aromatic carbocycles. The van der Waals surface area contributed by atoms with E-state index in [1.54, 1.807) is 12.1 Å². The van der Waals surface area contributed by atoms with E-state index in [1.165, 1.54) is 28.4 Å². The zero-order valence-corrected chi connectivity index (χ0v) is 24.2. The number of Topliss-reactive ketones (excluding diaryl/α,β-unsaturated/α-hetero) is 1. The summed E-state index contributed by atoms with van der Waals surface area (Å²) >= 11 is 7.28. The molecule has 0 saturated heterocycles. The molecule has 206 valence electrons. The van der Waals surface area contributed by atoms with Crippen molar-refractivity contribution in [1.29, 1.82) is 10.5 Å². The molecule has 0 atom stereocenters. The van der Waals surface area contributed by atoms with Crippen LogP contribution in [0.4, 0.5) is 17.1 Å². The average Bonchev–Trinajstić information content (AvgIpc) is 3.69. The van der Waals surface area contributed by atoms with Gasteiger partial charge in [-0.1, -0.05) is 47.0 Å². The number of hydrogen-bond acceptors (Lipinski definition) is 13. The summed E-state index contributed by atoms with van der Waals surface area (Å²) in [5.41, 5.74) is -2.00. The van der Waals surface area contributed by atoms with Gasteiger partial charge < -0.3 is 4.79 Å². The molecule has 0 saturated carbocycles. The second-order valence-electron chi connectivity index (χ2n) is 7.86. The number of carbonyl (C=O) groups is 1. The fourth-order valence-corrected chi connectivity index (χ4v) is 7.60. The summed E-state index contributed by atoms with van der Waals surface area (Å²) in [4.78, 5) is 40.8. The standard InChI is InChI=1S/C16H5N5O6.C6H4S4.C3H6O/c17-6-8(7-18)15-12-3-9(19(22)23)1-2-11(12)16-13(15)4-10(20(24)25)5-14(16)21(26)27;1-2-8-5(7-1)6-9-3-4-10-6;1-3(2)4/h1-5H;1-4H;1-2H3. The molecule has 0 fully saturated rings. The van der Waals surface area contributed by atoms with Gasteiger partial charge in [0.1, 0.15) is 23.5 Å². The number of benzene rings is 2. The Bertz CT molecular complexity index is 1640. The van der Waals surface area contributed by atoms with Gasteiger partial charge in [-0.2, -0.15) is 10.5 Å². The van der Waals surface area contributed by atoms with E-state index < -0.39 is 31.7 Å². The molecular formula is C25H15N5O7S4. The second-order valence-corrected chi connectivity index (χ2v) is 12.0. The molecule has 0 spiro atoms. The highest BCUT2D eigenvalue weighted by Gasteiger charge is 2.36. The lowest BCUT2D eigenvalue weighted by Gasteiger charge is -2.03. The molecule has 2 aromatic rings. The third-order valence-corrected chi connectivity index (χ3v) is 9.76. The summed E-state index contributed by atoms with van der Waals surface area (Å²) in [6.07, 6.45) is 0. The Balaban J connectivity index is 0.000000270. The number of nitrogens with zero attached hydrogens (tertiary/aromatic N) is 5. The number of nitro benzene ring substituents is 3. The summed E-state index contributed by atoms with van der Waals surface area (Å²) in [5.74, 6) is 0.167. The van der Waals surface area contributed by atoms with Gasteiger partial charge in [-0.3, -0.25) is 30.3 Å². The number of nitriles is 2. The Morgan fingerprint density at radius 3 is 1.59 bits per heavy atom. The van der Waals surface area contributed by atoms with Crippen LogP contribution >= 0.6 is 47.0 Å². The quantitative estimate of drug-likeness (QED) is 0.155. The van der Waals surface area contributed by atoms with Crippen molar-refractivity contribution in [1.82, 2.24) is 0 Å². The van der Waals surface area contributed by atoms with Gasteiger partial charge in [-0.05, 0) is 52.7 Å². The first-order valence-electron chi connectivity index (χ1n) is 11.0. The van der Waals surface area contributed by atoms with Gasteiger partial charge in [0, 0.05) is 29.3 Å². The predicted octanol–water partition coefficient (Wildman–Crippen LogP) is 7.85. The van der Waals surface area contributed by atoms with Crippen LogP contribution in [0.1, 0.15) is 25.0 Å². The molecule has 0 unspecified atom stereocenters. The lowest BCUT2D eigenvalue weighted by Crippen LogP contribution is -1.97. The van der Waals surface area contributed by atoms with Crippen molar-refractivity contribution in [2.24, 2.45) is 0 Å². The highest BCUT2D eigenvalue weighted by atomic mass is 32.2. The lowest BCUT2D eigenvalue weighted by atomic mass is 9.98. The minimum absolute atomic E-state index is 0.0338. The predicted molar refractivity (Wildman–Crippen MR) is 161 cm³/mol. The molecule has 16 heteroatoms. The number of thioether (sulfide) groups is 4. The maximum absolute atomic E-state index is 11.5. The molecule has 0 radical (unpaired) electrons. The molecule has 5 rings (SSSR count). The third kappa shape index (κ3) is 7.24. The second kappa shape index (κ2) is 13.8. The number of allylic oxidation sites excluding steroid dienone is 1. The monoisotopic (exact) mass is 625 g/mol. The summed E-state index contributed by atoms with van der Waals surface area (Å²) in [6.45, 7) is 3.06. The van der Waals surface area contributed by atoms with E-state index in [0.29, 0.717) is 0 Å². The van der Waals surface area contributed by atoms with Crippen LogP contribution in [0.25, 0.3) is 16.7 Å². The molecule has 1 aliphatic carbocycles. The average molecular weight is 626 g/mol. The topological polar surface area (TPSA) is 194 Å². The molecule has 3 aliphatic rings. The van der Waals surface area contributed by atoms with E-state index in [9.17, 15) is 45.7 Å². The van der Waals surface area contributed by atoms with Gasteiger partial charge in [0.2, 0.25) is 0 Å². The van der Waals surface area contributed by atoms with Crippen LogP contribution in [0, 0.1) is 53.0 Å². The van der Waals surface area contributed by atoms with Crippen molar-refractivity contribution >= 4 is 75.5 Å². The van der Waals surface area contributed by atoms with Crippen molar-refractivity contribution in [3.63, 3.8) is 0 Å². The van der Waals surface area contributed by atoms with Gasteiger partial charge in [-0.25, -0.2) is 0 Å². The SMILES string of the molecule is C1=CSC(=C2SC=CS2)S1.CC(C)=O.N#CC(C#N)=C1c2cc([N+](=O)[O-])ccc2-c2c1cc([N+](=O)[O-])cc2[N+](=O)[O-]. The number of rotatable bonds is 3. The molecule has 0 amide bonds. The van der Waals surface area contributed by atoms with Crippen LogP contribution < -0.4 is 0 Å². The van der Waals surface area contributed by atoms with Gasteiger partial charge in [0.15, 0.2) is 0 Å². The fourth-order valence-electron chi connectivity index (χ4n) is 3.57. The highest BCUT2D eigenvalue weighted by Crippen LogP contribution is 2.52. The summed E-state index contributed by atoms with van der Waals surface area (Å²) in [5, 5.41) is 60.7. The maximum atomic E-state index is 11.5. The van der Waals surface area contributed by atoms with E-state index in [0.717, 1.165) is 24.3 Å². The first-order chi connectivity index (χ1) is 19.5. The van der Waals surface area contributed by atoms with E-state index in [2.05, 4.69) is 21.6 Å². The Labute approximate surface area is 249 Å². The van der Waals surface area contributed by atoms with Crippen LogP contribution in [0.15, 0.2) is 66.0 Å². The molecule has 2 heterocycles. The Kier molecular flexibility index (Phi) is 10.5. The first kappa shape index (κ1) is 31.2. The Morgan fingerprint density at radius 1 is 0.707 bits per heavy atom. The van der Waals surface area contributed by atoms with Crippen molar-refractivity contribution in [3.05, 3.63) is 107 Å². The van der Waals surface area contributed by atoms with Crippen molar-refractivity contribution in [3.8, 4) is 23.3 Å². The largest absolute Gasteiger partial charge is 0.300 e. The van der Waals surface area contributed by atoms with Crippen LogP contribution in [0.3, 0.4) is 0 Å². The van der Waals surface area contributed by atoms with E-state index >= 15 is 0 Å².